The minimum atomic E-state index is -0.871. The maximum Gasteiger partial charge on any atom is 0.184 e. The summed E-state index contributed by atoms with van der Waals surface area (Å²) in [6.45, 7) is 0. The van der Waals surface area contributed by atoms with E-state index in [0.717, 1.165) is 4.90 Å². The number of carbonyl (C=O) groups excluding carboxylic acids is 1. The number of thioether (sulfide) groups is 1. The molecule has 0 heterocycles. The zero-order chi connectivity index (χ0) is 14.5. The first-order valence-electron chi connectivity index (χ1n) is 5.99. The lowest BCUT2D eigenvalue weighted by molar-refractivity contribution is 0.0979. The number of hydrogen-bond donors (Lipinski definition) is 0. The van der Waals surface area contributed by atoms with Gasteiger partial charge in [0.05, 0.1) is 6.07 Å². The van der Waals surface area contributed by atoms with Gasteiger partial charge in [-0.05, 0) is 30.0 Å². The molecule has 4 heteroatoms. The molecule has 0 radical (unpaired) electrons. The van der Waals surface area contributed by atoms with Crippen LogP contribution in [0.5, 0.6) is 0 Å². The molecule has 20 heavy (non-hydrogen) atoms. The van der Waals surface area contributed by atoms with Gasteiger partial charge in [0.2, 0.25) is 0 Å². The van der Waals surface area contributed by atoms with E-state index in [0.29, 0.717) is 16.1 Å². The van der Waals surface area contributed by atoms with Gasteiger partial charge in [-0.15, -0.1) is 11.8 Å². The number of benzene rings is 2. The highest BCUT2D eigenvalue weighted by Gasteiger charge is 2.23. The van der Waals surface area contributed by atoms with E-state index >= 15 is 0 Å². The van der Waals surface area contributed by atoms with Gasteiger partial charge < -0.3 is 0 Å². The van der Waals surface area contributed by atoms with E-state index in [2.05, 4.69) is 0 Å². The molecule has 0 N–H and O–H groups in total. The van der Waals surface area contributed by atoms with Gasteiger partial charge in [0.25, 0.3) is 0 Å². The van der Waals surface area contributed by atoms with Crippen LogP contribution in [0, 0.1) is 11.3 Å². The van der Waals surface area contributed by atoms with Crippen LogP contribution in [0.4, 0.5) is 0 Å². The molecule has 0 saturated carbocycles. The summed E-state index contributed by atoms with van der Waals surface area (Å²) in [4.78, 5) is 13.5. The highest BCUT2D eigenvalue weighted by Crippen LogP contribution is 2.27. The molecule has 2 rings (SSSR count). The molecule has 0 bridgehead atoms. The molecule has 100 valence electrons. The summed E-state index contributed by atoms with van der Waals surface area (Å²) in [5.41, 5.74) is 1.07. The smallest absolute Gasteiger partial charge is 0.184 e. The molecular formula is C16H12ClNOS. The van der Waals surface area contributed by atoms with Crippen LogP contribution in [0.15, 0.2) is 53.4 Å². The fourth-order valence-corrected chi connectivity index (χ4v) is 2.55. The van der Waals surface area contributed by atoms with Crippen molar-refractivity contribution >= 4 is 29.1 Å². The van der Waals surface area contributed by atoms with Crippen molar-refractivity contribution in [2.45, 2.75) is 10.8 Å². The van der Waals surface area contributed by atoms with Gasteiger partial charge in [0.15, 0.2) is 5.78 Å². The summed E-state index contributed by atoms with van der Waals surface area (Å²) in [6.07, 6.45) is 1.97. The molecule has 0 saturated heterocycles. The topological polar surface area (TPSA) is 40.9 Å². The number of ketones is 1. The number of hydrogen-bond acceptors (Lipinski definition) is 3. The Morgan fingerprint density at radius 2 is 1.85 bits per heavy atom. The van der Waals surface area contributed by atoms with Crippen molar-refractivity contribution in [1.29, 1.82) is 5.26 Å². The van der Waals surface area contributed by atoms with Crippen LogP contribution in [0.1, 0.15) is 21.8 Å². The molecule has 2 aromatic rings. The van der Waals surface area contributed by atoms with E-state index in [4.69, 9.17) is 11.6 Å². The van der Waals surface area contributed by atoms with Crippen molar-refractivity contribution in [3.63, 3.8) is 0 Å². The van der Waals surface area contributed by atoms with Gasteiger partial charge in [-0.3, -0.25) is 4.79 Å². The highest BCUT2D eigenvalue weighted by molar-refractivity contribution is 7.98. The number of Topliss-reactive ketones (excluding diaryl/α,β-unsaturated/α-hetero) is 1. The van der Waals surface area contributed by atoms with E-state index in [9.17, 15) is 10.1 Å². The number of halogens is 1. The Morgan fingerprint density at radius 3 is 2.40 bits per heavy atom. The molecule has 2 aromatic carbocycles. The SMILES string of the molecule is CSc1ccc(C(=O)C(C#N)c2ccccc2Cl)cc1. The van der Waals surface area contributed by atoms with Crippen molar-refractivity contribution in [2.75, 3.05) is 6.26 Å². The fourth-order valence-electron chi connectivity index (χ4n) is 1.90. The summed E-state index contributed by atoms with van der Waals surface area (Å²) < 4.78 is 0. The first-order chi connectivity index (χ1) is 9.67. The molecule has 0 aliphatic heterocycles. The van der Waals surface area contributed by atoms with E-state index in [1.165, 1.54) is 0 Å². The molecule has 0 aliphatic rings. The van der Waals surface area contributed by atoms with Gasteiger partial charge >= 0.3 is 0 Å². The minimum Gasteiger partial charge on any atom is -0.292 e. The molecule has 0 fully saturated rings. The summed E-state index contributed by atoms with van der Waals surface area (Å²) in [5, 5.41) is 9.74. The van der Waals surface area contributed by atoms with Crippen LogP contribution in [0.3, 0.4) is 0 Å². The Kier molecular flexibility index (Phi) is 4.84. The molecule has 0 amide bonds. The van der Waals surface area contributed by atoms with E-state index in [1.807, 2.05) is 24.5 Å². The molecule has 1 unspecified atom stereocenters. The third-order valence-corrected chi connectivity index (χ3v) is 4.07. The van der Waals surface area contributed by atoms with Gasteiger partial charge in [-0.2, -0.15) is 5.26 Å². The van der Waals surface area contributed by atoms with E-state index in [-0.39, 0.29) is 5.78 Å². The standard InChI is InChI=1S/C16H12ClNOS/c1-20-12-8-6-11(7-9-12)16(19)14(10-18)13-4-2-3-5-15(13)17/h2-9,14H,1H3. The van der Waals surface area contributed by atoms with Crippen LogP contribution in [0.2, 0.25) is 5.02 Å². The monoisotopic (exact) mass is 301 g/mol. The van der Waals surface area contributed by atoms with E-state index in [1.54, 1.807) is 48.2 Å². The highest BCUT2D eigenvalue weighted by atomic mass is 35.5. The predicted octanol–water partition coefficient (Wildman–Crippen LogP) is 4.55. The lowest BCUT2D eigenvalue weighted by Crippen LogP contribution is -2.11. The van der Waals surface area contributed by atoms with Crippen molar-refractivity contribution < 1.29 is 4.79 Å². The summed E-state index contributed by atoms with van der Waals surface area (Å²) in [6, 6.07) is 16.2. The molecular weight excluding hydrogens is 290 g/mol. The van der Waals surface area contributed by atoms with Crippen molar-refractivity contribution in [3.05, 3.63) is 64.7 Å². The van der Waals surface area contributed by atoms with Crippen LogP contribution < -0.4 is 0 Å². The predicted molar refractivity (Wildman–Crippen MR) is 82.4 cm³/mol. The zero-order valence-electron chi connectivity index (χ0n) is 10.8. The second-order valence-corrected chi connectivity index (χ2v) is 5.46. The third-order valence-electron chi connectivity index (χ3n) is 2.98. The third kappa shape index (κ3) is 3.04. The first kappa shape index (κ1) is 14.6. The van der Waals surface area contributed by atoms with E-state index < -0.39 is 5.92 Å². The quantitative estimate of drug-likeness (QED) is 0.614. The molecule has 0 aliphatic carbocycles. The molecule has 2 nitrogen and oxygen atoms in total. The largest absolute Gasteiger partial charge is 0.292 e. The van der Waals surface area contributed by atoms with Crippen LogP contribution in [0.25, 0.3) is 0 Å². The average Bonchev–Trinajstić information content (AvgIpc) is 2.50. The number of nitriles is 1. The summed E-state index contributed by atoms with van der Waals surface area (Å²) in [5.74, 6) is -1.10. The Labute approximate surface area is 127 Å². The number of carbonyl (C=O) groups is 1. The van der Waals surface area contributed by atoms with Crippen molar-refractivity contribution in [1.82, 2.24) is 0 Å². The van der Waals surface area contributed by atoms with Gasteiger partial charge in [-0.25, -0.2) is 0 Å². The normalized spacial score (nSPS) is 11.7. The lowest BCUT2D eigenvalue weighted by Gasteiger charge is -2.10. The first-order valence-corrected chi connectivity index (χ1v) is 7.60. The molecule has 0 spiro atoms. The second kappa shape index (κ2) is 6.60. The van der Waals surface area contributed by atoms with Crippen molar-refractivity contribution in [2.24, 2.45) is 0 Å². The number of rotatable bonds is 4. The zero-order valence-corrected chi connectivity index (χ0v) is 12.4. The van der Waals surface area contributed by atoms with Crippen LogP contribution in [-0.2, 0) is 0 Å². The second-order valence-electron chi connectivity index (χ2n) is 4.18. The van der Waals surface area contributed by atoms with Crippen molar-refractivity contribution in [3.8, 4) is 6.07 Å². The average molecular weight is 302 g/mol. The summed E-state index contributed by atoms with van der Waals surface area (Å²) in [7, 11) is 0. The molecule has 1 atom stereocenters. The number of nitrogens with zero attached hydrogens (tertiary/aromatic N) is 1. The minimum absolute atomic E-state index is 0.228. The Hall–Kier alpha value is -1.76. The Bertz CT molecular complexity index is 661. The van der Waals surface area contributed by atoms with Gasteiger partial charge in [0, 0.05) is 15.5 Å². The fraction of sp³-hybridized carbons (Fsp3) is 0.125. The van der Waals surface area contributed by atoms with Gasteiger partial charge in [-0.1, -0.05) is 41.9 Å². The lowest BCUT2D eigenvalue weighted by atomic mass is 9.92. The van der Waals surface area contributed by atoms with Gasteiger partial charge in [0.1, 0.15) is 5.92 Å². The van der Waals surface area contributed by atoms with Crippen LogP contribution >= 0.6 is 23.4 Å². The summed E-state index contributed by atoms with van der Waals surface area (Å²) >= 11 is 7.68. The Balaban J connectivity index is 2.35. The van der Waals surface area contributed by atoms with Crippen LogP contribution in [-0.4, -0.2) is 12.0 Å². The maximum atomic E-state index is 12.4. The maximum absolute atomic E-state index is 12.4. The Morgan fingerprint density at radius 1 is 1.20 bits per heavy atom. The molecule has 0 aromatic heterocycles.